The molecule has 59 heavy (non-hydrogen) atoms. The summed E-state index contributed by atoms with van der Waals surface area (Å²) in [6.07, 6.45) is 12.3. The minimum Gasteiger partial charge on any atom is -0.493 e. The number of carboxylic acid groups (broad SMARTS) is 1. The van der Waals surface area contributed by atoms with Crippen LogP contribution in [-0.4, -0.2) is 110 Å². The van der Waals surface area contributed by atoms with E-state index in [1.54, 1.807) is 56.8 Å². The number of aromatic nitrogens is 2. The number of amides is 1. The van der Waals surface area contributed by atoms with Gasteiger partial charge in [0.05, 0.1) is 53.0 Å². The largest absolute Gasteiger partial charge is 0.493 e. The minimum atomic E-state index is -0.986. The van der Waals surface area contributed by atoms with Crippen LogP contribution in [-0.2, 0) is 12.0 Å². The summed E-state index contributed by atoms with van der Waals surface area (Å²) in [4.78, 5) is 48.6. The van der Waals surface area contributed by atoms with Crippen molar-refractivity contribution in [1.82, 2.24) is 19.4 Å². The summed E-state index contributed by atoms with van der Waals surface area (Å²) in [5.74, 6) is 1.65. The monoisotopic (exact) mass is 806 g/mol. The summed E-state index contributed by atoms with van der Waals surface area (Å²) in [5, 5.41) is 9.37. The Morgan fingerprint density at radius 2 is 1.49 bits per heavy atom. The molecule has 312 valence electrons. The fourth-order valence-corrected chi connectivity index (χ4v) is 8.24. The smallest absolute Gasteiger partial charge is 0.335 e. The van der Waals surface area contributed by atoms with Gasteiger partial charge in [-0.15, -0.1) is 0 Å². The van der Waals surface area contributed by atoms with E-state index in [1.165, 1.54) is 21.3 Å². The summed E-state index contributed by atoms with van der Waals surface area (Å²) in [5.41, 5.74) is 3.03. The van der Waals surface area contributed by atoms with Gasteiger partial charge in [0.15, 0.2) is 28.8 Å². The van der Waals surface area contributed by atoms with Gasteiger partial charge in [-0.05, 0) is 106 Å². The number of nitrogens with zero attached hydrogens (tertiary/aromatic N) is 4. The van der Waals surface area contributed by atoms with Crippen LogP contribution in [0.1, 0.15) is 80.8 Å². The van der Waals surface area contributed by atoms with Crippen LogP contribution in [0.2, 0.25) is 0 Å². The summed E-state index contributed by atoms with van der Waals surface area (Å²) in [6, 6.07) is 16.1. The quantitative estimate of drug-likeness (QED) is 0.0869. The molecule has 4 aromatic rings. The van der Waals surface area contributed by atoms with Crippen molar-refractivity contribution in [2.45, 2.75) is 44.6 Å². The number of ether oxygens (including phenoxy) is 5. The van der Waals surface area contributed by atoms with Crippen LogP contribution in [0.5, 0.6) is 28.7 Å². The number of allylic oxidation sites excluding steroid dienone is 3. The summed E-state index contributed by atoms with van der Waals surface area (Å²) in [6.45, 7) is 5.65. The SMILES string of the molecule is CC=CC=Cc1cnc(C(=O)C2CCN(CCC3(c4ccc(OC)c(OC)c4)CCN(C(=O)c4cc(OC)c(OC)c(OC)c4)C3)CC2)n1Cc1ccc(C(=O)O)cc1. The zero-order chi connectivity index (χ0) is 42.1. The number of aromatic carboxylic acids is 1. The molecule has 3 heterocycles. The zero-order valence-corrected chi connectivity index (χ0v) is 34.7. The third-order valence-electron chi connectivity index (χ3n) is 11.6. The van der Waals surface area contributed by atoms with Crippen molar-refractivity contribution in [2.24, 2.45) is 5.92 Å². The summed E-state index contributed by atoms with van der Waals surface area (Å²) < 4.78 is 29.8. The predicted octanol–water partition coefficient (Wildman–Crippen LogP) is 7.03. The number of rotatable bonds is 17. The van der Waals surface area contributed by atoms with E-state index in [9.17, 15) is 19.5 Å². The fourth-order valence-electron chi connectivity index (χ4n) is 8.24. The normalized spacial score (nSPS) is 17.4. The number of carbonyl (C=O) groups is 3. The lowest BCUT2D eigenvalue weighted by molar-refractivity contribution is 0.0695. The molecule has 1 atom stereocenters. The molecule has 3 aromatic carbocycles. The first kappa shape index (κ1) is 42.5. The number of hydrogen-bond acceptors (Lipinski definition) is 10. The Morgan fingerprint density at radius 3 is 2.10 bits per heavy atom. The van der Waals surface area contributed by atoms with Crippen molar-refractivity contribution in [1.29, 1.82) is 0 Å². The molecular weight excluding hydrogens is 753 g/mol. The summed E-state index contributed by atoms with van der Waals surface area (Å²) in [7, 11) is 7.84. The average Bonchev–Trinajstić information content (AvgIpc) is 3.89. The number of Topliss-reactive ketones (excluding diaryl/α,β-unsaturated/α-hetero) is 1. The number of piperidine rings is 1. The highest BCUT2D eigenvalue weighted by atomic mass is 16.5. The standard InChI is InChI=1S/C46H54N4O9/c1-7-8-9-10-36-28-47-43(50(36)29-31-11-13-33(14-12-31)45(53)54)41(51)32-17-21-48(22-18-32)23-19-46(35-15-16-37(55-2)38(27-35)56-3)20-24-49(30-46)44(52)34-25-39(57-4)42(59-6)40(26-34)58-5/h7-16,25-28,32H,17-24,29-30H2,1-6H3,(H,53,54). The molecule has 1 amide bonds. The van der Waals surface area contributed by atoms with Crippen molar-refractivity contribution in [3.8, 4) is 28.7 Å². The van der Waals surface area contributed by atoms with E-state index in [-0.39, 0.29) is 28.6 Å². The Labute approximate surface area is 345 Å². The van der Waals surface area contributed by atoms with Gasteiger partial charge in [-0.25, -0.2) is 9.78 Å². The number of carboxylic acids is 1. The molecule has 6 rings (SSSR count). The molecule has 1 aromatic heterocycles. The van der Waals surface area contributed by atoms with Gasteiger partial charge in [0, 0.05) is 36.5 Å². The molecule has 1 unspecified atom stereocenters. The lowest BCUT2D eigenvalue weighted by Crippen LogP contribution is -2.41. The Balaban J connectivity index is 1.18. The van der Waals surface area contributed by atoms with Crippen LogP contribution in [0, 0.1) is 5.92 Å². The first-order valence-electron chi connectivity index (χ1n) is 19.8. The summed E-state index contributed by atoms with van der Waals surface area (Å²) >= 11 is 0. The maximum atomic E-state index is 14.2. The zero-order valence-electron chi connectivity index (χ0n) is 34.7. The predicted molar refractivity (Wildman–Crippen MR) is 225 cm³/mol. The molecule has 0 bridgehead atoms. The highest BCUT2D eigenvalue weighted by molar-refractivity contribution is 5.96. The molecule has 1 N–H and O–H groups in total. The van der Waals surface area contributed by atoms with Crippen LogP contribution >= 0.6 is 0 Å². The first-order chi connectivity index (χ1) is 28.6. The van der Waals surface area contributed by atoms with E-state index >= 15 is 0 Å². The van der Waals surface area contributed by atoms with Crippen molar-refractivity contribution in [3.05, 3.63) is 113 Å². The molecule has 13 nitrogen and oxygen atoms in total. The molecule has 0 spiro atoms. The van der Waals surface area contributed by atoms with E-state index in [4.69, 9.17) is 23.7 Å². The Kier molecular flexibility index (Phi) is 13.8. The number of methoxy groups -OCH3 is 5. The topological polar surface area (TPSA) is 142 Å². The second-order valence-corrected chi connectivity index (χ2v) is 15.0. The van der Waals surface area contributed by atoms with Gasteiger partial charge >= 0.3 is 5.97 Å². The first-order valence-corrected chi connectivity index (χ1v) is 19.8. The third-order valence-corrected chi connectivity index (χ3v) is 11.6. The highest BCUT2D eigenvalue weighted by Gasteiger charge is 2.43. The van der Waals surface area contributed by atoms with Crippen LogP contribution in [0.15, 0.2) is 79.0 Å². The second-order valence-electron chi connectivity index (χ2n) is 15.0. The van der Waals surface area contributed by atoms with Crippen molar-refractivity contribution >= 4 is 23.7 Å². The Bertz CT molecular complexity index is 2160. The van der Waals surface area contributed by atoms with Crippen LogP contribution in [0.25, 0.3) is 6.08 Å². The molecule has 0 radical (unpaired) electrons. The van der Waals surface area contributed by atoms with E-state index in [0.717, 1.165) is 49.3 Å². The van der Waals surface area contributed by atoms with E-state index in [2.05, 4.69) is 16.0 Å². The number of carbonyl (C=O) groups excluding carboxylic acids is 2. The number of imidazole rings is 1. The molecule has 0 saturated carbocycles. The van der Waals surface area contributed by atoms with Crippen molar-refractivity contribution in [3.63, 3.8) is 0 Å². The van der Waals surface area contributed by atoms with Gasteiger partial charge in [-0.2, -0.15) is 0 Å². The van der Waals surface area contributed by atoms with Crippen LogP contribution in [0.4, 0.5) is 0 Å². The molecule has 2 aliphatic rings. The van der Waals surface area contributed by atoms with Gasteiger partial charge < -0.3 is 43.2 Å². The van der Waals surface area contributed by atoms with Gasteiger partial charge in [-0.3, -0.25) is 9.59 Å². The van der Waals surface area contributed by atoms with Gasteiger partial charge in [0.25, 0.3) is 5.91 Å². The van der Waals surface area contributed by atoms with Crippen LogP contribution in [0.3, 0.4) is 0 Å². The van der Waals surface area contributed by atoms with Crippen molar-refractivity contribution < 1.29 is 43.2 Å². The average molecular weight is 807 g/mol. The second kappa shape index (κ2) is 19.1. The number of likely N-dealkylation sites (tertiary alicyclic amines) is 2. The molecule has 2 aliphatic heterocycles. The lowest BCUT2D eigenvalue weighted by Gasteiger charge is -2.36. The maximum absolute atomic E-state index is 14.2. The Morgan fingerprint density at radius 1 is 0.814 bits per heavy atom. The van der Waals surface area contributed by atoms with Gasteiger partial charge in [-0.1, -0.05) is 36.4 Å². The Hall–Kier alpha value is -6.08. The minimum absolute atomic E-state index is 0.0102. The number of benzene rings is 3. The molecule has 13 heteroatoms. The highest BCUT2D eigenvalue weighted by Crippen LogP contribution is 2.43. The molecule has 2 fully saturated rings. The lowest BCUT2D eigenvalue weighted by atomic mass is 9.76. The number of ketones is 1. The fraction of sp³-hybridized carbons (Fsp3) is 0.391. The van der Waals surface area contributed by atoms with Crippen LogP contribution < -0.4 is 23.7 Å². The van der Waals surface area contributed by atoms with Gasteiger partial charge in [0.1, 0.15) is 0 Å². The van der Waals surface area contributed by atoms with E-state index < -0.39 is 5.97 Å². The van der Waals surface area contributed by atoms with E-state index in [1.807, 2.05) is 52.8 Å². The molecule has 0 aliphatic carbocycles. The third kappa shape index (κ3) is 9.30. The molecular formula is C46H54N4O9. The van der Waals surface area contributed by atoms with Gasteiger partial charge in [0.2, 0.25) is 11.5 Å². The molecule has 2 saturated heterocycles. The maximum Gasteiger partial charge on any atom is 0.335 e. The van der Waals surface area contributed by atoms with Crippen molar-refractivity contribution in [2.75, 3.05) is 68.3 Å². The number of hydrogen-bond donors (Lipinski definition) is 1. The van der Waals surface area contributed by atoms with E-state index in [0.29, 0.717) is 72.6 Å².